The number of carbonyl (C=O) groups excluding carboxylic acids is 1. The molecule has 0 unspecified atom stereocenters. The number of nitrogens with zero attached hydrogens (tertiary/aromatic N) is 1. The minimum atomic E-state index is -0.374. The Morgan fingerprint density at radius 3 is 2.92 bits per heavy atom. The van der Waals surface area contributed by atoms with Crippen LogP contribution < -0.4 is 24.8 Å². The van der Waals surface area contributed by atoms with Gasteiger partial charge in [-0.1, -0.05) is 12.1 Å². The number of methoxy groups -OCH3 is 1. The lowest BCUT2D eigenvalue weighted by molar-refractivity contribution is 0.169. The first-order valence-corrected chi connectivity index (χ1v) is 7.61. The Morgan fingerprint density at radius 1 is 1.25 bits per heavy atom. The van der Waals surface area contributed by atoms with Gasteiger partial charge in [-0.3, -0.25) is 5.32 Å². The summed E-state index contributed by atoms with van der Waals surface area (Å²) < 4.78 is 16.4. The average molecular weight is 329 g/mol. The quantitative estimate of drug-likeness (QED) is 0.900. The largest absolute Gasteiger partial charge is 0.493 e. The van der Waals surface area contributed by atoms with Crippen LogP contribution in [0.1, 0.15) is 11.3 Å². The number of urea groups is 1. The van der Waals surface area contributed by atoms with Crippen molar-refractivity contribution in [1.29, 1.82) is 0 Å². The minimum Gasteiger partial charge on any atom is -0.493 e. The average Bonchev–Trinajstić information content (AvgIpc) is 2.60. The van der Waals surface area contributed by atoms with Gasteiger partial charge in [0, 0.05) is 17.8 Å². The summed E-state index contributed by atoms with van der Waals surface area (Å²) >= 11 is 0. The minimum absolute atomic E-state index is 0.312. The van der Waals surface area contributed by atoms with Crippen molar-refractivity contribution in [3.63, 3.8) is 0 Å². The molecular weight excluding hydrogens is 310 g/mol. The fraction of sp³-hybridized carbons (Fsp3) is 0.294. The maximum Gasteiger partial charge on any atom is 0.320 e. The Balaban J connectivity index is 1.65. The van der Waals surface area contributed by atoms with Crippen molar-refractivity contribution < 1.29 is 19.0 Å². The molecular formula is C17H19N3O4. The number of nitrogens with one attached hydrogen (secondary N) is 2. The lowest BCUT2D eigenvalue weighted by Crippen LogP contribution is -2.29. The molecule has 0 saturated heterocycles. The van der Waals surface area contributed by atoms with Crippen LogP contribution in [0.25, 0.3) is 0 Å². The number of aromatic nitrogens is 1. The summed E-state index contributed by atoms with van der Waals surface area (Å²) in [6.45, 7) is 3.19. The van der Waals surface area contributed by atoms with Gasteiger partial charge in [-0.25, -0.2) is 9.78 Å². The third kappa shape index (κ3) is 3.51. The van der Waals surface area contributed by atoms with E-state index in [1.165, 1.54) is 7.11 Å². The van der Waals surface area contributed by atoms with Crippen LogP contribution in [0.4, 0.5) is 10.6 Å². The summed E-state index contributed by atoms with van der Waals surface area (Å²) in [4.78, 5) is 16.4. The lowest BCUT2D eigenvalue weighted by atomic mass is 10.1. The highest BCUT2D eigenvalue weighted by Crippen LogP contribution is 2.33. The summed E-state index contributed by atoms with van der Waals surface area (Å²) in [6, 6.07) is 8.80. The summed E-state index contributed by atoms with van der Waals surface area (Å²) in [6.07, 6.45) is 0. The molecule has 0 saturated carbocycles. The maximum absolute atomic E-state index is 12.1. The Kier molecular flexibility index (Phi) is 4.69. The van der Waals surface area contributed by atoms with Gasteiger partial charge in [0.2, 0.25) is 0 Å². The molecule has 2 amide bonds. The molecule has 1 aliphatic heterocycles. The second kappa shape index (κ2) is 7.08. The van der Waals surface area contributed by atoms with E-state index in [0.29, 0.717) is 42.8 Å². The molecule has 0 fully saturated rings. The second-order valence-corrected chi connectivity index (χ2v) is 5.25. The number of pyridine rings is 1. The van der Waals surface area contributed by atoms with Gasteiger partial charge in [0.15, 0.2) is 23.1 Å². The number of hydrogen-bond donors (Lipinski definition) is 2. The molecule has 1 aliphatic rings. The Morgan fingerprint density at radius 2 is 2.08 bits per heavy atom. The first kappa shape index (κ1) is 15.9. The van der Waals surface area contributed by atoms with Crippen LogP contribution >= 0.6 is 0 Å². The van der Waals surface area contributed by atoms with Crippen molar-refractivity contribution in [3.05, 3.63) is 41.6 Å². The molecule has 1 aromatic carbocycles. The van der Waals surface area contributed by atoms with Crippen molar-refractivity contribution in [1.82, 2.24) is 10.3 Å². The lowest BCUT2D eigenvalue weighted by Gasteiger charge is -2.21. The summed E-state index contributed by atoms with van der Waals surface area (Å²) in [7, 11) is 1.53. The smallest absolute Gasteiger partial charge is 0.320 e. The van der Waals surface area contributed by atoms with Gasteiger partial charge in [0.1, 0.15) is 13.2 Å². The van der Waals surface area contributed by atoms with Crippen LogP contribution in [0.2, 0.25) is 0 Å². The summed E-state index contributed by atoms with van der Waals surface area (Å²) in [5, 5.41) is 5.48. The van der Waals surface area contributed by atoms with E-state index >= 15 is 0 Å². The van der Waals surface area contributed by atoms with E-state index < -0.39 is 0 Å². The zero-order chi connectivity index (χ0) is 16.9. The highest BCUT2D eigenvalue weighted by atomic mass is 16.6. The van der Waals surface area contributed by atoms with Gasteiger partial charge < -0.3 is 19.5 Å². The van der Waals surface area contributed by atoms with Crippen LogP contribution in [0, 0.1) is 6.92 Å². The molecule has 2 heterocycles. The fourth-order valence-corrected chi connectivity index (χ4v) is 2.40. The van der Waals surface area contributed by atoms with E-state index in [9.17, 15) is 4.79 Å². The van der Waals surface area contributed by atoms with Crippen molar-refractivity contribution in [2.75, 3.05) is 25.6 Å². The molecule has 3 rings (SSSR count). The SMILES string of the molecule is COc1ccc(C)nc1NC(=O)NCc1cccc2c1OCCO2. The Labute approximate surface area is 139 Å². The van der Waals surface area contributed by atoms with Crippen LogP contribution in [-0.2, 0) is 6.54 Å². The van der Waals surface area contributed by atoms with Gasteiger partial charge in [-0.15, -0.1) is 0 Å². The molecule has 0 spiro atoms. The molecule has 126 valence electrons. The predicted molar refractivity (Wildman–Crippen MR) is 88.8 cm³/mol. The zero-order valence-electron chi connectivity index (χ0n) is 13.6. The van der Waals surface area contributed by atoms with Gasteiger partial charge in [0.25, 0.3) is 0 Å². The molecule has 7 heteroatoms. The van der Waals surface area contributed by atoms with E-state index in [1.807, 2.05) is 31.2 Å². The molecule has 0 bridgehead atoms. The number of anilines is 1. The molecule has 7 nitrogen and oxygen atoms in total. The predicted octanol–water partition coefficient (Wildman–Crippen LogP) is 2.49. The highest BCUT2D eigenvalue weighted by Gasteiger charge is 2.16. The van der Waals surface area contributed by atoms with Crippen molar-refractivity contribution in [3.8, 4) is 17.2 Å². The molecule has 0 atom stereocenters. The van der Waals surface area contributed by atoms with Gasteiger partial charge >= 0.3 is 6.03 Å². The standard InChI is InChI=1S/C17H19N3O4/c1-11-6-7-14(22-2)16(19-11)20-17(21)18-10-12-4-3-5-13-15(12)24-9-8-23-13/h3-7H,8-10H2,1-2H3,(H2,18,19,20,21). The number of rotatable bonds is 4. The number of para-hydroxylation sites is 1. The summed E-state index contributed by atoms with van der Waals surface area (Å²) in [5.41, 5.74) is 1.64. The first-order valence-electron chi connectivity index (χ1n) is 7.61. The molecule has 24 heavy (non-hydrogen) atoms. The number of ether oxygens (including phenoxy) is 3. The number of fused-ring (bicyclic) bond motifs is 1. The summed E-state index contributed by atoms with van der Waals surface area (Å²) in [5.74, 6) is 2.26. The number of hydrogen-bond acceptors (Lipinski definition) is 5. The Bertz CT molecular complexity index is 749. The highest BCUT2D eigenvalue weighted by molar-refractivity contribution is 5.89. The first-order chi connectivity index (χ1) is 11.7. The molecule has 0 radical (unpaired) electrons. The molecule has 2 aromatic rings. The van der Waals surface area contributed by atoms with Crippen molar-refractivity contribution in [2.24, 2.45) is 0 Å². The topological polar surface area (TPSA) is 81.7 Å². The monoisotopic (exact) mass is 329 g/mol. The molecule has 2 N–H and O–H groups in total. The van der Waals surface area contributed by atoms with E-state index in [0.717, 1.165) is 11.3 Å². The van der Waals surface area contributed by atoms with Crippen LogP contribution in [0.3, 0.4) is 0 Å². The van der Waals surface area contributed by atoms with E-state index in [2.05, 4.69) is 15.6 Å². The Hall–Kier alpha value is -2.96. The number of benzene rings is 1. The number of carbonyl (C=O) groups is 1. The van der Waals surface area contributed by atoms with Crippen LogP contribution in [-0.4, -0.2) is 31.3 Å². The van der Waals surface area contributed by atoms with E-state index in [4.69, 9.17) is 14.2 Å². The van der Waals surface area contributed by atoms with Crippen molar-refractivity contribution >= 4 is 11.8 Å². The van der Waals surface area contributed by atoms with Gasteiger partial charge in [-0.05, 0) is 25.1 Å². The van der Waals surface area contributed by atoms with E-state index in [1.54, 1.807) is 6.07 Å². The van der Waals surface area contributed by atoms with Crippen LogP contribution in [0.15, 0.2) is 30.3 Å². The van der Waals surface area contributed by atoms with Gasteiger partial charge in [0.05, 0.1) is 7.11 Å². The molecule has 1 aromatic heterocycles. The second-order valence-electron chi connectivity index (χ2n) is 5.25. The fourth-order valence-electron chi connectivity index (χ4n) is 2.40. The number of aryl methyl sites for hydroxylation is 1. The normalized spacial score (nSPS) is 12.4. The van der Waals surface area contributed by atoms with Crippen molar-refractivity contribution in [2.45, 2.75) is 13.5 Å². The van der Waals surface area contributed by atoms with Crippen LogP contribution in [0.5, 0.6) is 17.2 Å². The number of amides is 2. The van der Waals surface area contributed by atoms with Gasteiger partial charge in [-0.2, -0.15) is 0 Å². The third-order valence-corrected chi connectivity index (χ3v) is 3.54. The third-order valence-electron chi connectivity index (χ3n) is 3.54. The maximum atomic E-state index is 12.1. The zero-order valence-corrected chi connectivity index (χ0v) is 13.6. The molecule has 0 aliphatic carbocycles. The van der Waals surface area contributed by atoms with E-state index in [-0.39, 0.29) is 6.03 Å².